The van der Waals surface area contributed by atoms with Crippen molar-refractivity contribution in [2.24, 2.45) is 5.92 Å². The second kappa shape index (κ2) is 9.53. The van der Waals surface area contributed by atoms with Crippen LogP contribution >= 0.6 is 0 Å². The molecule has 2 aromatic carbocycles. The lowest BCUT2D eigenvalue weighted by Gasteiger charge is -2.30. The van der Waals surface area contributed by atoms with Crippen molar-refractivity contribution in [3.63, 3.8) is 0 Å². The van der Waals surface area contributed by atoms with Crippen molar-refractivity contribution in [2.75, 3.05) is 13.2 Å². The number of aromatic nitrogens is 3. The number of nitrogens with zero attached hydrogens (tertiary/aromatic N) is 3. The van der Waals surface area contributed by atoms with Gasteiger partial charge in [-0.3, -0.25) is 4.98 Å². The van der Waals surface area contributed by atoms with Crippen molar-refractivity contribution >= 4 is 21.9 Å². The van der Waals surface area contributed by atoms with Crippen LogP contribution in [0.5, 0.6) is 0 Å². The quantitative estimate of drug-likeness (QED) is 0.257. The van der Waals surface area contributed by atoms with E-state index in [0.29, 0.717) is 17.9 Å². The lowest BCUT2D eigenvalue weighted by atomic mass is 9.88. The standard InChI is InChI=1S/C33H34FN3O3/c1-19-30(20(2)40-36-19)22-17-29-31(35-18-22)25-8-9-26-23(10-13-33(26,3)38)32(25)37(29)28(16-21-11-14-39-15-12-21)24-6-4-5-7-27(24)34/h4-9,17-18,21,28,38H,10-16H2,1-3H3. The Labute approximate surface area is 232 Å². The van der Waals surface area contributed by atoms with Gasteiger partial charge in [-0.1, -0.05) is 35.5 Å². The number of benzene rings is 2. The fraction of sp³-hybridized carbons (Fsp3) is 0.394. The van der Waals surface area contributed by atoms with Crippen LogP contribution in [0.4, 0.5) is 4.39 Å². The SMILES string of the molecule is Cc1noc(C)c1-c1cnc2c3ccc4c(c3n(C(CC3CCOCC3)c3ccccc3F)c2c1)CCC4(C)O. The number of halogens is 1. The number of pyridine rings is 1. The molecule has 1 fully saturated rings. The summed E-state index contributed by atoms with van der Waals surface area (Å²) in [6.07, 6.45) is 6.01. The van der Waals surface area contributed by atoms with Crippen molar-refractivity contribution in [1.29, 1.82) is 0 Å². The van der Waals surface area contributed by atoms with E-state index in [1.165, 1.54) is 0 Å². The Hall–Kier alpha value is -3.55. The number of fused-ring (bicyclic) bond motifs is 5. The van der Waals surface area contributed by atoms with Gasteiger partial charge in [-0.05, 0) is 82.1 Å². The first-order valence-corrected chi connectivity index (χ1v) is 14.3. The van der Waals surface area contributed by atoms with Gasteiger partial charge in [0.25, 0.3) is 0 Å². The highest BCUT2D eigenvalue weighted by Crippen LogP contribution is 2.46. The summed E-state index contributed by atoms with van der Waals surface area (Å²) < 4.78 is 29.2. The number of aliphatic hydroxyl groups is 1. The average molecular weight is 540 g/mol. The van der Waals surface area contributed by atoms with E-state index in [-0.39, 0.29) is 11.9 Å². The highest BCUT2D eigenvalue weighted by molar-refractivity contribution is 6.08. The molecule has 1 N–H and O–H groups in total. The molecule has 2 unspecified atom stereocenters. The maximum absolute atomic E-state index is 15.7. The summed E-state index contributed by atoms with van der Waals surface area (Å²) in [7, 11) is 0. The number of aryl methyl sites for hydroxylation is 3. The van der Waals surface area contributed by atoms with E-state index in [9.17, 15) is 5.11 Å². The molecule has 0 bridgehead atoms. The van der Waals surface area contributed by atoms with Gasteiger partial charge in [0.2, 0.25) is 0 Å². The Morgan fingerprint density at radius 2 is 1.95 bits per heavy atom. The van der Waals surface area contributed by atoms with Crippen LogP contribution in [0.2, 0.25) is 0 Å². The Kier molecular flexibility index (Phi) is 6.06. The van der Waals surface area contributed by atoms with Gasteiger partial charge in [0.05, 0.1) is 33.9 Å². The number of hydrogen-bond donors (Lipinski definition) is 1. The molecule has 0 amide bonds. The molecule has 3 aromatic heterocycles. The molecular weight excluding hydrogens is 505 g/mol. The van der Waals surface area contributed by atoms with Crippen LogP contribution in [0.3, 0.4) is 0 Å². The number of hydrogen-bond acceptors (Lipinski definition) is 5. The summed E-state index contributed by atoms with van der Waals surface area (Å²) in [5.74, 6) is 0.944. The predicted molar refractivity (Wildman–Crippen MR) is 153 cm³/mol. The minimum absolute atomic E-state index is 0.205. The van der Waals surface area contributed by atoms with E-state index in [1.54, 1.807) is 12.1 Å². The first kappa shape index (κ1) is 25.4. The molecular formula is C33H34FN3O3. The summed E-state index contributed by atoms with van der Waals surface area (Å²) >= 11 is 0. The predicted octanol–water partition coefficient (Wildman–Crippen LogP) is 7.16. The van der Waals surface area contributed by atoms with Gasteiger partial charge in [0.1, 0.15) is 11.6 Å². The number of ether oxygens (including phenoxy) is 1. The molecule has 5 aromatic rings. The molecule has 206 valence electrons. The zero-order valence-electron chi connectivity index (χ0n) is 23.2. The lowest BCUT2D eigenvalue weighted by molar-refractivity contribution is 0.0594. The van der Waals surface area contributed by atoms with Crippen LogP contribution in [-0.4, -0.2) is 33.0 Å². The molecule has 40 heavy (non-hydrogen) atoms. The van der Waals surface area contributed by atoms with Crippen LogP contribution in [0.15, 0.2) is 53.2 Å². The molecule has 1 aliphatic heterocycles. The smallest absolute Gasteiger partial charge is 0.141 e. The molecule has 0 spiro atoms. The van der Waals surface area contributed by atoms with Crippen LogP contribution in [0.25, 0.3) is 33.1 Å². The largest absolute Gasteiger partial charge is 0.385 e. The molecule has 2 atom stereocenters. The third-order valence-corrected chi connectivity index (χ3v) is 9.14. The second-order valence-corrected chi connectivity index (χ2v) is 11.8. The van der Waals surface area contributed by atoms with Gasteiger partial charge in [-0.25, -0.2) is 4.39 Å². The van der Waals surface area contributed by atoms with Crippen LogP contribution in [0, 0.1) is 25.6 Å². The van der Waals surface area contributed by atoms with Crippen LogP contribution < -0.4 is 0 Å². The lowest BCUT2D eigenvalue weighted by Crippen LogP contribution is -2.22. The minimum Gasteiger partial charge on any atom is -0.385 e. The zero-order valence-corrected chi connectivity index (χ0v) is 23.2. The fourth-order valence-corrected chi connectivity index (χ4v) is 7.10. The second-order valence-electron chi connectivity index (χ2n) is 11.8. The molecule has 1 saturated heterocycles. The van der Waals surface area contributed by atoms with Crippen molar-refractivity contribution in [1.82, 2.24) is 14.7 Å². The molecule has 0 saturated carbocycles. The van der Waals surface area contributed by atoms with Crippen LogP contribution in [-0.2, 0) is 16.8 Å². The van der Waals surface area contributed by atoms with Gasteiger partial charge in [-0.2, -0.15) is 0 Å². The number of rotatable bonds is 5. The summed E-state index contributed by atoms with van der Waals surface area (Å²) in [6.45, 7) is 7.21. The normalized spacial score (nSPS) is 20.4. The van der Waals surface area contributed by atoms with Crippen molar-refractivity contribution < 1.29 is 18.8 Å². The van der Waals surface area contributed by atoms with Gasteiger partial charge >= 0.3 is 0 Å². The molecule has 7 heteroatoms. The topological polar surface area (TPSA) is 73.3 Å². The molecule has 7 rings (SSSR count). The van der Waals surface area contributed by atoms with Crippen molar-refractivity contribution in [3.8, 4) is 11.1 Å². The molecule has 1 aliphatic carbocycles. The first-order chi connectivity index (χ1) is 19.3. The van der Waals surface area contributed by atoms with E-state index in [0.717, 1.165) is 94.5 Å². The van der Waals surface area contributed by atoms with Crippen molar-refractivity contribution in [2.45, 2.75) is 64.5 Å². The molecule has 0 radical (unpaired) electrons. The van der Waals surface area contributed by atoms with Gasteiger partial charge in [-0.15, -0.1) is 0 Å². The molecule has 6 nitrogen and oxygen atoms in total. The third kappa shape index (κ3) is 3.98. The first-order valence-electron chi connectivity index (χ1n) is 14.3. The molecule has 2 aliphatic rings. The Morgan fingerprint density at radius 3 is 2.70 bits per heavy atom. The Bertz CT molecular complexity index is 1730. The minimum atomic E-state index is -0.895. The van der Waals surface area contributed by atoms with Gasteiger partial charge < -0.3 is 18.9 Å². The van der Waals surface area contributed by atoms with E-state index in [4.69, 9.17) is 14.2 Å². The van der Waals surface area contributed by atoms with E-state index in [1.807, 2.05) is 39.1 Å². The van der Waals surface area contributed by atoms with E-state index < -0.39 is 5.60 Å². The van der Waals surface area contributed by atoms with Gasteiger partial charge in [0, 0.05) is 41.5 Å². The summed E-state index contributed by atoms with van der Waals surface area (Å²) in [5, 5.41) is 16.5. The zero-order chi connectivity index (χ0) is 27.6. The van der Waals surface area contributed by atoms with E-state index in [2.05, 4.69) is 27.9 Å². The summed E-state index contributed by atoms with van der Waals surface area (Å²) in [5.41, 5.74) is 7.43. The summed E-state index contributed by atoms with van der Waals surface area (Å²) in [6, 6.07) is 13.2. The third-order valence-electron chi connectivity index (χ3n) is 9.14. The van der Waals surface area contributed by atoms with E-state index >= 15 is 4.39 Å². The van der Waals surface area contributed by atoms with Gasteiger partial charge in [0.15, 0.2) is 0 Å². The fourth-order valence-electron chi connectivity index (χ4n) is 7.10. The van der Waals surface area contributed by atoms with Crippen molar-refractivity contribution in [3.05, 3.63) is 82.6 Å². The monoisotopic (exact) mass is 539 g/mol. The summed E-state index contributed by atoms with van der Waals surface area (Å²) in [4.78, 5) is 5.01. The average Bonchev–Trinajstić information content (AvgIpc) is 3.58. The maximum atomic E-state index is 15.7. The highest BCUT2D eigenvalue weighted by Gasteiger charge is 2.36. The Morgan fingerprint density at radius 1 is 1.15 bits per heavy atom. The van der Waals surface area contributed by atoms with Crippen LogP contribution in [0.1, 0.15) is 66.8 Å². The highest BCUT2D eigenvalue weighted by atomic mass is 19.1. The Balaban J connectivity index is 1.56. The molecule has 4 heterocycles. The maximum Gasteiger partial charge on any atom is 0.141 e.